The van der Waals surface area contributed by atoms with Crippen molar-refractivity contribution in [2.45, 2.75) is 78.2 Å². The molecule has 0 aliphatic heterocycles. The normalized spacial score (nSPS) is 13.1. The van der Waals surface area contributed by atoms with Crippen LogP contribution in [-0.2, 0) is 0 Å². The zero-order valence-electron chi connectivity index (χ0n) is 10.4. The second kappa shape index (κ2) is 11.0. The van der Waals surface area contributed by atoms with Gasteiger partial charge in [0.15, 0.2) is 0 Å². The molecule has 0 radical (unpaired) electrons. The Bertz CT molecular complexity index is 101. The van der Waals surface area contributed by atoms with Gasteiger partial charge in [0.05, 0.1) is 0 Å². The van der Waals surface area contributed by atoms with Crippen molar-refractivity contribution in [2.75, 3.05) is 6.54 Å². The molecule has 0 aromatic heterocycles. The van der Waals surface area contributed by atoms with Gasteiger partial charge in [0.25, 0.3) is 0 Å². The van der Waals surface area contributed by atoms with Crippen LogP contribution in [0.15, 0.2) is 0 Å². The van der Waals surface area contributed by atoms with Gasteiger partial charge < -0.3 is 5.32 Å². The van der Waals surface area contributed by atoms with Gasteiger partial charge in [0.2, 0.25) is 0 Å². The van der Waals surface area contributed by atoms with E-state index < -0.39 is 0 Å². The van der Waals surface area contributed by atoms with Crippen molar-refractivity contribution in [2.24, 2.45) is 0 Å². The highest BCUT2D eigenvalue weighted by molar-refractivity contribution is 4.59. The fraction of sp³-hybridized carbons (Fsp3) is 1.00. The van der Waals surface area contributed by atoms with Crippen molar-refractivity contribution in [3.63, 3.8) is 0 Å². The average Bonchev–Trinajstić information content (AvgIpc) is 2.17. The fourth-order valence-corrected chi connectivity index (χ4v) is 1.79. The molecular formula is C13H29N. The Morgan fingerprint density at radius 3 is 2.14 bits per heavy atom. The third-order valence-corrected chi connectivity index (χ3v) is 2.74. The molecule has 0 spiro atoms. The first-order chi connectivity index (χ1) is 6.81. The van der Waals surface area contributed by atoms with Gasteiger partial charge in [-0.05, 0) is 26.3 Å². The summed E-state index contributed by atoms with van der Waals surface area (Å²) in [7, 11) is 0. The quantitative estimate of drug-likeness (QED) is 0.522. The van der Waals surface area contributed by atoms with E-state index in [0.717, 1.165) is 6.04 Å². The first-order valence-corrected chi connectivity index (χ1v) is 6.54. The third-order valence-electron chi connectivity index (χ3n) is 2.74. The van der Waals surface area contributed by atoms with Gasteiger partial charge in [0.1, 0.15) is 0 Å². The number of rotatable bonds is 10. The second-order valence-corrected chi connectivity index (χ2v) is 4.41. The lowest BCUT2D eigenvalue weighted by Crippen LogP contribution is -2.26. The topological polar surface area (TPSA) is 12.0 Å². The van der Waals surface area contributed by atoms with E-state index in [4.69, 9.17) is 0 Å². The van der Waals surface area contributed by atoms with Crippen LogP contribution in [0, 0.1) is 0 Å². The Balaban J connectivity index is 2.98. The maximum absolute atomic E-state index is 3.57. The van der Waals surface area contributed by atoms with Crippen molar-refractivity contribution in [3.05, 3.63) is 0 Å². The zero-order valence-corrected chi connectivity index (χ0v) is 10.4. The summed E-state index contributed by atoms with van der Waals surface area (Å²) in [5.74, 6) is 0. The summed E-state index contributed by atoms with van der Waals surface area (Å²) in [5, 5.41) is 3.57. The summed E-state index contributed by atoms with van der Waals surface area (Å²) < 4.78 is 0. The predicted molar refractivity (Wildman–Crippen MR) is 65.7 cm³/mol. The van der Waals surface area contributed by atoms with Crippen molar-refractivity contribution >= 4 is 0 Å². The highest BCUT2D eigenvalue weighted by Crippen LogP contribution is 2.04. The van der Waals surface area contributed by atoms with Crippen LogP contribution in [0.1, 0.15) is 72.1 Å². The van der Waals surface area contributed by atoms with Gasteiger partial charge in [-0.25, -0.2) is 0 Å². The number of unbranched alkanes of at least 4 members (excludes halogenated alkanes) is 5. The smallest absolute Gasteiger partial charge is 0.00386 e. The summed E-state index contributed by atoms with van der Waals surface area (Å²) in [6.45, 7) is 8.03. The minimum Gasteiger partial charge on any atom is -0.314 e. The summed E-state index contributed by atoms with van der Waals surface area (Å²) in [5.41, 5.74) is 0. The van der Waals surface area contributed by atoms with Crippen LogP contribution in [0.25, 0.3) is 0 Å². The Labute approximate surface area is 90.7 Å². The number of nitrogens with one attached hydrogen (secondary N) is 1. The van der Waals surface area contributed by atoms with Crippen molar-refractivity contribution in [1.29, 1.82) is 0 Å². The van der Waals surface area contributed by atoms with Gasteiger partial charge >= 0.3 is 0 Å². The van der Waals surface area contributed by atoms with E-state index in [2.05, 4.69) is 26.1 Å². The lowest BCUT2D eigenvalue weighted by atomic mass is 10.1. The van der Waals surface area contributed by atoms with Gasteiger partial charge in [-0.1, -0.05) is 52.4 Å². The predicted octanol–water partition coefficient (Wildman–Crippen LogP) is 4.13. The van der Waals surface area contributed by atoms with Gasteiger partial charge in [-0.3, -0.25) is 0 Å². The number of hydrogen-bond donors (Lipinski definition) is 1. The van der Waals surface area contributed by atoms with E-state index in [1.165, 1.54) is 57.9 Å². The van der Waals surface area contributed by atoms with E-state index in [1.54, 1.807) is 0 Å². The molecule has 1 atom stereocenters. The molecule has 0 amide bonds. The molecule has 0 heterocycles. The van der Waals surface area contributed by atoms with Crippen LogP contribution < -0.4 is 5.32 Å². The summed E-state index contributed by atoms with van der Waals surface area (Å²) in [4.78, 5) is 0. The van der Waals surface area contributed by atoms with E-state index >= 15 is 0 Å². The summed E-state index contributed by atoms with van der Waals surface area (Å²) >= 11 is 0. The monoisotopic (exact) mass is 199 g/mol. The van der Waals surface area contributed by atoms with E-state index in [-0.39, 0.29) is 0 Å². The van der Waals surface area contributed by atoms with E-state index in [9.17, 15) is 0 Å². The molecule has 0 rings (SSSR count). The fourth-order valence-electron chi connectivity index (χ4n) is 1.79. The maximum atomic E-state index is 3.57. The standard InChI is InChI=1S/C13H29N/c1-4-6-7-8-9-10-12-14-13(3)11-5-2/h13-14H,4-12H2,1-3H3. The first-order valence-electron chi connectivity index (χ1n) is 6.54. The molecule has 14 heavy (non-hydrogen) atoms. The van der Waals surface area contributed by atoms with Crippen LogP contribution in [0.3, 0.4) is 0 Å². The Morgan fingerprint density at radius 2 is 1.50 bits per heavy atom. The third kappa shape index (κ3) is 10.0. The Kier molecular flexibility index (Phi) is 11.0. The summed E-state index contributed by atoms with van der Waals surface area (Å²) in [6, 6.07) is 0.718. The summed E-state index contributed by atoms with van der Waals surface area (Å²) in [6.07, 6.45) is 11.0. The SMILES string of the molecule is CCCCCCCCNC(C)CCC. The van der Waals surface area contributed by atoms with Gasteiger partial charge in [-0.15, -0.1) is 0 Å². The minimum atomic E-state index is 0.718. The molecule has 1 N–H and O–H groups in total. The van der Waals surface area contributed by atoms with Crippen molar-refractivity contribution in [1.82, 2.24) is 5.32 Å². The van der Waals surface area contributed by atoms with Crippen LogP contribution in [-0.4, -0.2) is 12.6 Å². The molecule has 0 fully saturated rings. The van der Waals surface area contributed by atoms with Crippen LogP contribution in [0.5, 0.6) is 0 Å². The minimum absolute atomic E-state index is 0.718. The van der Waals surface area contributed by atoms with Gasteiger partial charge in [0, 0.05) is 6.04 Å². The van der Waals surface area contributed by atoms with Gasteiger partial charge in [-0.2, -0.15) is 0 Å². The highest BCUT2D eigenvalue weighted by Gasteiger charge is 1.97. The molecule has 1 nitrogen and oxygen atoms in total. The van der Waals surface area contributed by atoms with Crippen LogP contribution in [0.4, 0.5) is 0 Å². The molecule has 0 aliphatic carbocycles. The van der Waals surface area contributed by atoms with Crippen LogP contribution >= 0.6 is 0 Å². The lowest BCUT2D eigenvalue weighted by Gasteiger charge is -2.11. The molecular weight excluding hydrogens is 170 g/mol. The molecule has 1 unspecified atom stereocenters. The molecule has 0 aliphatic rings. The maximum Gasteiger partial charge on any atom is 0.00386 e. The average molecular weight is 199 g/mol. The highest BCUT2D eigenvalue weighted by atomic mass is 14.9. The van der Waals surface area contributed by atoms with Crippen molar-refractivity contribution < 1.29 is 0 Å². The lowest BCUT2D eigenvalue weighted by molar-refractivity contribution is 0.487. The van der Waals surface area contributed by atoms with Crippen LogP contribution in [0.2, 0.25) is 0 Å². The zero-order chi connectivity index (χ0) is 10.6. The molecule has 86 valence electrons. The molecule has 0 bridgehead atoms. The number of hydrogen-bond acceptors (Lipinski definition) is 1. The molecule has 0 aromatic rings. The van der Waals surface area contributed by atoms with E-state index in [0.29, 0.717) is 0 Å². The molecule has 0 saturated carbocycles. The van der Waals surface area contributed by atoms with Crippen molar-refractivity contribution in [3.8, 4) is 0 Å². The second-order valence-electron chi connectivity index (χ2n) is 4.41. The Hall–Kier alpha value is -0.0400. The van der Waals surface area contributed by atoms with E-state index in [1.807, 2.05) is 0 Å². The molecule has 1 heteroatoms. The molecule has 0 aromatic carbocycles. The Morgan fingerprint density at radius 1 is 0.857 bits per heavy atom. The largest absolute Gasteiger partial charge is 0.314 e. The first kappa shape index (κ1) is 14.0. The molecule has 0 saturated heterocycles.